The Morgan fingerprint density at radius 2 is 1.70 bits per heavy atom. The van der Waals surface area contributed by atoms with Gasteiger partial charge in [0.15, 0.2) is 5.82 Å². The topological polar surface area (TPSA) is 146 Å². The maximum Gasteiger partial charge on any atom is 0.269 e. The third-order valence-electron chi connectivity index (χ3n) is 5.70. The predicted octanol–water partition coefficient (Wildman–Crippen LogP) is 3.72. The van der Waals surface area contributed by atoms with E-state index in [4.69, 9.17) is 0 Å². The van der Waals surface area contributed by atoms with Crippen LogP contribution in [0.25, 0.3) is 22.6 Å². The lowest BCUT2D eigenvalue weighted by atomic mass is 9.90. The maximum absolute atomic E-state index is 13.0. The summed E-state index contributed by atoms with van der Waals surface area (Å²) < 4.78 is 0. The molecule has 10 heteroatoms. The fraction of sp³-hybridized carbons (Fsp3) is 0.185. The second-order valence-electron chi connectivity index (χ2n) is 8.75. The normalized spacial score (nSPS) is 10.9. The van der Waals surface area contributed by atoms with E-state index in [2.05, 4.69) is 41.6 Å². The van der Waals surface area contributed by atoms with Crippen LogP contribution in [0.1, 0.15) is 46.1 Å². The van der Waals surface area contributed by atoms with E-state index in [1.807, 2.05) is 6.92 Å². The average Bonchev–Trinajstić information content (AvgIpc) is 2.93. The van der Waals surface area contributed by atoms with Crippen LogP contribution < -0.4 is 10.6 Å². The Kier molecular flexibility index (Phi) is 6.97. The van der Waals surface area contributed by atoms with Crippen LogP contribution in [-0.2, 0) is 5.41 Å². The number of nitriles is 1. The summed E-state index contributed by atoms with van der Waals surface area (Å²) in [6.07, 6.45) is 6.23. The molecule has 2 N–H and O–H groups in total. The lowest BCUT2D eigenvalue weighted by Gasteiger charge is -2.15. The average molecular weight is 493 g/mol. The van der Waals surface area contributed by atoms with E-state index in [0.717, 1.165) is 0 Å². The van der Waals surface area contributed by atoms with Crippen molar-refractivity contribution in [3.05, 3.63) is 83.8 Å². The summed E-state index contributed by atoms with van der Waals surface area (Å²) in [6, 6.07) is 12.3. The quantitative estimate of drug-likeness (QED) is 0.414. The highest BCUT2D eigenvalue weighted by Gasteiger charge is 2.23. The van der Waals surface area contributed by atoms with Crippen molar-refractivity contribution >= 4 is 17.5 Å². The number of pyridine rings is 3. The fourth-order valence-corrected chi connectivity index (χ4v) is 3.50. The molecule has 0 radical (unpaired) electrons. The van der Waals surface area contributed by atoms with Crippen molar-refractivity contribution in [3.8, 4) is 28.7 Å². The molecule has 0 aliphatic rings. The smallest absolute Gasteiger partial charge is 0.269 e. The second kappa shape index (κ2) is 10.3. The highest BCUT2D eigenvalue weighted by molar-refractivity contribution is 6.04. The van der Waals surface area contributed by atoms with Gasteiger partial charge >= 0.3 is 0 Å². The van der Waals surface area contributed by atoms with E-state index in [1.165, 1.54) is 19.4 Å². The highest BCUT2D eigenvalue weighted by atomic mass is 16.2. The number of rotatable bonds is 6. The minimum Gasteiger partial charge on any atom is -0.354 e. The van der Waals surface area contributed by atoms with Crippen LogP contribution in [0.15, 0.2) is 61.2 Å². The van der Waals surface area contributed by atoms with Gasteiger partial charge in [-0.15, -0.1) is 0 Å². The molecule has 0 saturated carbocycles. The monoisotopic (exact) mass is 492 g/mol. The molecule has 2 amide bonds. The minimum atomic E-state index is -0.824. The first-order valence-corrected chi connectivity index (χ1v) is 11.4. The minimum absolute atomic E-state index is 0.258. The summed E-state index contributed by atoms with van der Waals surface area (Å²) in [5.41, 5.74) is 3.47. The lowest BCUT2D eigenvalue weighted by Crippen LogP contribution is -2.19. The fourth-order valence-electron chi connectivity index (χ4n) is 3.50. The largest absolute Gasteiger partial charge is 0.354 e. The Labute approximate surface area is 213 Å². The van der Waals surface area contributed by atoms with E-state index >= 15 is 0 Å². The molecule has 37 heavy (non-hydrogen) atoms. The molecular formula is C27H24N8O2. The third-order valence-corrected chi connectivity index (χ3v) is 5.70. The number of nitrogens with zero attached hydrogens (tertiary/aromatic N) is 6. The first kappa shape index (κ1) is 25.1. The Morgan fingerprint density at radius 3 is 2.46 bits per heavy atom. The van der Waals surface area contributed by atoms with Gasteiger partial charge in [-0.05, 0) is 57.2 Å². The maximum atomic E-state index is 13.0. The van der Waals surface area contributed by atoms with Gasteiger partial charge < -0.3 is 10.6 Å². The van der Waals surface area contributed by atoms with Crippen molar-refractivity contribution in [1.82, 2.24) is 30.2 Å². The molecule has 0 saturated heterocycles. The van der Waals surface area contributed by atoms with Crippen LogP contribution in [0, 0.1) is 18.3 Å². The van der Waals surface area contributed by atoms with E-state index in [-0.39, 0.29) is 17.5 Å². The standard InChI is InChI=1S/C27H24N8O2/c1-16-20(21-7-10-32-24(35-21)17-5-8-30-22(11-17)26(37)29-4)13-19(14-33-16)34-25(36)18-6-9-31-23(12-18)27(2,3)15-28/h5-14H,1-4H3,(H,29,37)(H,34,36). The summed E-state index contributed by atoms with van der Waals surface area (Å²) in [5, 5.41) is 14.8. The van der Waals surface area contributed by atoms with Crippen molar-refractivity contribution in [2.24, 2.45) is 0 Å². The summed E-state index contributed by atoms with van der Waals surface area (Å²) in [6.45, 7) is 5.33. The number of aryl methyl sites for hydroxylation is 1. The second-order valence-corrected chi connectivity index (χ2v) is 8.75. The third kappa shape index (κ3) is 5.46. The van der Waals surface area contributed by atoms with Crippen molar-refractivity contribution in [3.63, 3.8) is 0 Å². The number of anilines is 1. The van der Waals surface area contributed by atoms with Crippen molar-refractivity contribution in [1.29, 1.82) is 5.26 Å². The lowest BCUT2D eigenvalue weighted by molar-refractivity contribution is 0.0957. The van der Waals surface area contributed by atoms with Crippen LogP contribution in [0.4, 0.5) is 5.69 Å². The number of carbonyl (C=O) groups excluding carboxylic acids is 2. The summed E-state index contributed by atoms with van der Waals surface area (Å²) in [5.74, 6) is -0.238. The molecule has 4 rings (SSSR count). The molecule has 0 fully saturated rings. The van der Waals surface area contributed by atoms with Gasteiger partial charge in [-0.25, -0.2) is 9.97 Å². The van der Waals surface area contributed by atoms with Crippen LogP contribution in [0.3, 0.4) is 0 Å². The Balaban J connectivity index is 1.63. The van der Waals surface area contributed by atoms with Crippen LogP contribution >= 0.6 is 0 Å². The molecule has 0 atom stereocenters. The van der Waals surface area contributed by atoms with Crippen LogP contribution in [0.5, 0.6) is 0 Å². The predicted molar refractivity (Wildman–Crippen MR) is 137 cm³/mol. The molecule has 0 unspecified atom stereocenters. The van der Waals surface area contributed by atoms with E-state index in [9.17, 15) is 14.9 Å². The van der Waals surface area contributed by atoms with E-state index < -0.39 is 5.41 Å². The SMILES string of the molecule is CNC(=O)c1cc(-c2nccc(-c3cc(NC(=O)c4ccnc(C(C)(C)C#N)c4)cnc3C)n2)ccn1. The zero-order chi connectivity index (χ0) is 26.6. The molecule has 0 spiro atoms. The summed E-state index contributed by atoms with van der Waals surface area (Å²) in [7, 11) is 1.54. The Hall–Kier alpha value is -5.04. The number of aromatic nitrogens is 5. The van der Waals surface area contributed by atoms with Crippen molar-refractivity contribution in [2.75, 3.05) is 12.4 Å². The molecule has 0 bridgehead atoms. The van der Waals surface area contributed by atoms with Gasteiger partial charge in [0.25, 0.3) is 11.8 Å². The Morgan fingerprint density at radius 1 is 0.946 bits per heavy atom. The number of carbonyl (C=O) groups is 2. The zero-order valence-electron chi connectivity index (χ0n) is 20.8. The van der Waals surface area contributed by atoms with Crippen molar-refractivity contribution < 1.29 is 9.59 Å². The van der Waals surface area contributed by atoms with E-state index in [1.54, 1.807) is 62.6 Å². The van der Waals surface area contributed by atoms with Gasteiger partial charge in [0.05, 0.1) is 34.8 Å². The van der Waals surface area contributed by atoms with E-state index in [0.29, 0.717) is 45.3 Å². The van der Waals surface area contributed by atoms with Crippen LogP contribution in [-0.4, -0.2) is 43.8 Å². The number of nitrogens with one attached hydrogen (secondary N) is 2. The first-order chi connectivity index (χ1) is 17.7. The first-order valence-electron chi connectivity index (χ1n) is 11.4. The molecule has 0 aliphatic heterocycles. The van der Waals surface area contributed by atoms with Gasteiger partial charge in [0.2, 0.25) is 0 Å². The van der Waals surface area contributed by atoms with Gasteiger partial charge in [-0.1, -0.05) is 0 Å². The Bertz CT molecular complexity index is 1540. The van der Waals surface area contributed by atoms with Crippen LogP contribution in [0.2, 0.25) is 0 Å². The number of amides is 2. The molecule has 4 aromatic rings. The molecule has 4 heterocycles. The number of hydrogen-bond acceptors (Lipinski definition) is 8. The zero-order valence-corrected chi connectivity index (χ0v) is 20.8. The molecule has 184 valence electrons. The molecular weight excluding hydrogens is 468 g/mol. The van der Waals surface area contributed by atoms with Gasteiger partial charge in [0.1, 0.15) is 5.69 Å². The molecule has 4 aromatic heterocycles. The molecule has 0 aromatic carbocycles. The van der Waals surface area contributed by atoms with Crippen molar-refractivity contribution in [2.45, 2.75) is 26.2 Å². The summed E-state index contributed by atoms with van der Waals surface area (Å²) in [4.78, 5) is 46.7. The van der Waals surface area contributed by atoms with Gasteiger partial charge in [0, 0.05) is 48.0 Å². The molecule has 0 aliphatic carbocycles. The number of hydrogen-bond donors (Lipinski definition) is 2. The van der Waals surface area contributed by atoms with Gasteiger partial charge in [-0.2, -0.15) is 5.26 Å². The summed E-state index contributed by atoms with van der Waals surface area (Å²) >= 11 is 0. The van der Waals surface area contributed by atoms with Gasteiger partial charge in [-0.3, -0.25) is 24.5 Å². The highest BCUT2D eigenvalue weighted by Crippen LogP contribution is 2.26. The molecule has 10 nitrogen and oxygen atoms in total.